The number of carbonyl (C=O) groups excluding carboxylic acids is 1. The minimum atomic E-state index is -0.388. The SMILES string of the molecule is C=C(Br)CNC(=O)C(NC)c1cnn(C)c1.Cl. The Balaban J connectivity index is 0.00000256. The van der Waals surface area contributed by atoms with E-state index in [1.54, 1.807) is 17.9 Å². The van der Waals surface area contributed by atoms with E-state index in [4.69, 9.17) is 0 Å². The van der Waals surface area contributed by atoms with Crippen LogP contribution in [0.25, 0.3) is 0 Å². The molecule has 1 rings (SSSR count). The second-order valence-electron chi connectivity index (χ2n) is 3.40. The van der Waals surface area contributed by atoms with Crippen LogP contribution < -0.4 is 10.6 Å². The third-order valence-corrected chi connectivity index (χ3v) is 2.34. The lowest BCUT2D eigenvalue weighted by molar-refractivity contribution is -0.122. The molecule has 0 saturated heterocycles. The second kappa shape index (κ2) is 7.47. The first-order chi connectivity index (χ1) is 7.54. The first-order valence-electron chi connectivity index (χ1n) is 4.81. The maximum absolute atomic E-state index is 11.8. The molecule has 0 aromatic carbocycles. The number of aromatic nitrogens is 2. The van der Waals surface area contributed by atoms with Crippen LogP contribution in [0, 0.1) is 0 Å². The molecular formula is C10H16BrClN4O. The lowest BCUT2D eigenvalue weighted by Gasteiger charge is -2.14. The average Bonchev–Trinajstić information content (AvgIpc) is 2.63. The Labute approximate surface area is 115 Å². The van der Waals surface area contributed by atoms with Crippen molar-refractivity contribution in [3.05, 3.63) is 29.0 Å². The van der Waals surface area contributed by atoms with E-state index >= 15 is 0 Å². The second-order valence-corrected chi connectivity index (χ2v) is 4.53. The number of likely N-dealkylation sites (N-methyl/N-ethyl adjacent to an activating group) is 1. The van der Waals surface area contributed by atoms with Gasteiger partial charge in [-0.2, -0.15) is 5.10 Å². The molecule has 1 heterocycles. The topological polar surface area (TPSA) is 59.0 Å². The van der Waals surface area contributed by atoms with Gasteiger partial charge in [0.15, 0.2) is 0 Å². The van der Waals surface area contributed by atoms with E-state index in [0.29, 0.717) is 6.54 Å². The Morgan fingerprint density at radius 2 is 2.35 bits per heavy atom. The van der Waals surface area contributed by atoms with Crippen molar-refractivity contribution in [3.63, 3.8) is 0 Å². The quantitative estimate of drug-likeness (QED) is 0.854. The molecule has 0 saturated carbocycles. The van der Waals surface area contributed by atoms with Crippen LogP contribution in [-0.4, -0.2) is 29.3 Å². The van der Waals surface area contributed by atoms with Gasteiger partial charge in [0.25, 0.3) is 0 Å². The summed E-state index contributed by atoms with van der Waals surface area (Å²) in [7, 11) is 3.55. The van der Waals surface area contributed by atoms with Crippen LogP contribution in [0.5, 0.6) is 0 Å². The van der Waals surface area contributed by atoms with Crippen LogP contribution in [0.2, 0.25) is 0 Å². The van der Waals surface area contributed by atoms with Crippen molar-refractivity contribution in [2.45, 2.75) is 6.04 Å². The highest BCUT2D eigenvalue weighted by molar-refractivity contribution is 9.11. The van der Waals surface area contributed by atoms with Gasteiger partial charge in [-0.3, -0.25) is 9.48 Å². The molecule has 0 aliphatic carbocycles. The Bertz CT molecular complexity index is 393. The van der Waals surface area contributed by atoms with Crippen LogP contribution in [0.1, 0.15) is 11.6 Å². The number of rotatable bonds is 5. The normalized spacial score (nSPS) is 11.5. The number of aryl methyl sites for hydroxylation is 1. The summed E-state index contributed by atoms with van der Waals surface area (Å²) in [5.41, 5.74) is 0.836. The summed E-state index contributed by atoms with van der Waals surface area (Å²) >= 11 is 3.19. The van der Waals surface area contributed by atoms with E-state index < -0.39 is 0 Å². The van der Waals surface area contributed by atoms with Crippen molar-refractivity contribution in [2.24, 2.45) is 7.05 Å². The van der Waals surface area contributed by atoms with E-state index in [1.165, 1.54) is 0 Å². The average molecular weight is 324 g/mol. The predicted octanol–water partition coefficient (Wildman–Crippen LogP) is 1.13. The Hall–Kier alpha value is -0.850. The molecule has 1 aromatic heterocycles. The molecule has 7 heteroatoms. The van der Waals surface area contributed by atoms with E-state index in [1.807, 2.05) is 13.2 Å². The summed E-state index contributed by atoms with van der Waals surface area (Å²) in [4.78, 5) is 11.8. The minimum absolute atomic E-state index is 0. The molecule has 0 bridgehead atoms. The zero-order valence-electron chi connectivity index (χ0n) is 9.74. The van der Waals surface area contributed by atoms with Crippen LogP contribution in [0.4, 0.5) is 0 Å². The molecule has 1 atom stereocenters. The van der Waals surface area contributed by atoms with E-state index in [9.17, 15) is 4.79 Å². The van der Waals surface area contributed by atoms with Gasteiger partial charge < -0.3 is 10.6 Å². The molecule has 96 valence electrons. The lowest BCUT2D eigenvalue weighted by Crippen LogP contribution is -2.36. The van der Waals surface area contributed by atoms with Crippen LogP contribution in [-0.2, 0) is 11.8 Å². The molecule has 2 N–H and O–H groups in total. The molecule has 0 fully saturated rings. The Kier molecular flexibility index (Phi) is 7.10. The molecule has 17 heavy (non-hydrogen) atoms. The Morgan fingerprint density at radius 3 is 2.76 bits per heavy atom. The number of carbonyl (C=O) groups is 1. The van der Waals surface area contributed by atoms with Crippen molar-refractivity contribution < 1.29 is 4.79 Å². The number of nitrogens with one attached hydrogen (secondary N) is 2. The molecule has 0 spiro atoms. The summed E-state index contributed by atoms with van der Waals surface area (Å²) in [5, 5.41) is 9.73. The van der Waals surface area contributed by atoms with Gasteiger partial charge in [-0.05, 0) is 7.05 Å². The summed E-state index contributed by atoms with van der Waals surface area (Å²) in [6.45, 7) is 4.07. The minimum Gasteiger partial charge on any atom is -0.350 e. The number of hydrogen-bond donors (Lipinski definition) is 2. The van der Waals surface area contributed by atoms with Gasteiger partial charge in [0.2, 0.25) is 5.91 Å². The van der Waals surface area contributed by atoms with Crippen molar-refractivity contribution in [2.75, 3.05) is 13.6 Å². The molecule has 0 aliphatic rings. The fraction of sp³-hybridized carbons (Fsp3) is 0.400. The highest BCUT2D eigenvalue weighted by Crippen LogP contribution is 2.11. The molecule has 1 aromatic rings. The zero-order valence-corrected chi connectivity index (χ0v) is 12.1. The maximum atomic E-state index is 11.8. The third kappa shape index (κ3) is 4.89. The van der Waals surface area contributed by atoms with Gasteiger partial charge in [-0.25, -0.2) is 0 Å². The van der Waals surface area contributed by atoms with E-state index in [2.05, 4.69) is 38.2 Å². The van der Waals surface area contributed by atoms with Crippen LogP contribution in [0.3, 0.4) is 0 Å². The maximum Gasteiger partial charge on any atom is 0.242 e. The van der Waals surface area contributed by atoms with Gasteiger partial charge >= 0.3 is 0 Å². The highest BCUT2D eigenvalue weighted by atomic mass is 79.9. The number of hydrogen-bond acceptors (Lipinski definition) is 3. The third-order valence-electron chi connectivity index (χ3n) is 2.06. The monoisotopic (exact) mass is 322 g/mol. The number of amides is 1. The van der Waals surface area contributed by atoms with Gasteiger partial charge in [0, 0.05) is 29.8 Å². The molecule has 0 radical (unpaired) electrons. The van der Waals surface area contributed by atoms with Gasteiger partial charge in [-0.1, -0.05) is 22.5 Å². The lowest BCUT2D eigenvalue weighted by atomic mass is 10.1. The summed E-state index contributed by atoms with van der Waals surface area (Å²) in [5.74, 6) is -0.101. The van der Waals surface area contributed by atoms with Gasteiger partial charge in [0.05, 0.1) is 6.20 Å². The van der Waals surface area contributed by atoms with Crippen molar-refractivity contribution in [1.82, 2.24) is 20.4 Å². The summed E-state index contributed by atoms with van der Waals surface area (Å²) in [6, 6.07) is -0.388. The smallest absolute Gasteiger partial charge is 0.242 e. The van der Waals surface area contributed by atoms with Crippen molar-refractivity contribution in [1.29, 1.82) is 0 Å². The van der Waals surface area contributed by atoms with Crippen LogP contribution >= 0.6 is 28.3 Å². The van der Waals surface area contributed by atoms with Gasteiger partial charge in [-0.15, -0.1) is 12.4 Å². The largest absolute Gasteiger partial charge is 0.350 e. The molecular weight excluding hydrogens is 307 g/mol. The summed E-state index contributed by atoms with van der Waals surface area (Å²) in [6.07, 6.45) is 3.48. The first kappa shape index (κ1) is 16.1. The number of nitrogens with zero attached hydrogens (tertiary/aromatic N) is 2. The number of halogens is 2. The van der Waals surface area contributed by atoms with Crippen molar-refractivity contribution >= 4 is 34.2 Å². The standard InChI is InChI=1S/C10H15BrN4O.ClH/c1-7(11)4-13-10(16)9(12-2)8-5-14-15(3)6-8;/h5-6,9,12H,1,4H2,2-3H3,(H,13,16);1H. The van der Waals surface area contributed by atoms with Crippen molar-refractivity contribution in [3.8, 4) is 0 Å². The molecule has 1 amide bonds. The molecule has 5 nitrogen and oxygen atoms in total. The van der Waals surface area contributed by atoms with E-state index in [-0.39, 0.29) is 24.4 Å². The zero-order chi connectivity index (χ0) is 12.1. The van der Waals surface area contributed by atoms with Crippen LogP contribution in [0.15, 0.2) is 23.5 Å². The Morgan fingerprint density at radius 1 is 1.71 bits per heavy atom. The fourth-order valence-corrected chi connectivity index (χ4v) is 1.46. The highest BCUT2D eigenvalue weighted by Gasteiger charge is 2.19. The predicted molar refractivity (Wildman–Crippen MR) is 73.3 cm³/mol. The summed E-state index contributed by atoms with van der Waals surface area (Å²) < 4.78 is 2.40. The first-order valence-corrected chi connectivity index (χ1v) is 5.60. The van der Waals surface area contributed by atoms with Gasteiger partial charge in [0.1, 0.15) is 6.04 Å². The fourth-order valence-electron chi connectivity index (χ4n) is 1.32. The van der Waals surface area contributed by atoms with E-state index in [0.717, 1.165) is 10.0 Å². The molecule has 1 unspecified atom stereocenters. The molecule has 0 aliphatic heterocycles.